The van der Waals surface area contributed by atoms with Crippen molar-refractivity contribution >= 4 is 40.2 Å². The Bertz CT molecular complexity index is 1060. The minimum atomic E-state index is 0. The van der Waals surface area contributed by atoms with E-state index in [1.165, 1.54) is 35.5 Å². The standard InChI is InChI=1S/C33H48N2O2S.C2H6.HSe.W/c1-5-26-11-7-8-16-31(25(3)38-4)35(36)30-17-18-33-32(22-30)34(20-19-26)23-29(24-37-33)15-10-14-28-13-9-12-27(6-2)21-28;1-2;;/h7-9,12-13,17-18,21-22,25-26,29,31,36H,5-6,10-11,14-16,19-20,23-24H2,1-4H3;1-2H3;1H;/b8-7+;;;/t25-,26+,29?,31+;;;/m1.../s1. The summed E-state index contributed by atoms with van der Waals surface area (Å²) in [7, 11) is 0. The van der Waals surface area contributed by atoms with Crippen LogP contribution in [-0.4, -0.2) is 59.5 Å². The molecule has 1 N–H and O–H groups in total. The van der Waals surface area contributed by atoms with Crippen molar-refractivity contribution in [1.29, 1.82) is 0 Å². The van der Waals surface area contributed by atoms with Crippen LogP contribution in [0.2, 0.25) is 0 Å². The summed E-state index contributed by atoms with van der Waals surface area (Å²) in [5, 5.41) is 13.2. The average Bonchev–Trinajstić information content (AvgIpc) is 3.17. The van der Waals surface area contributed by atoms with Gasteiger partial charge >= 0.3 is 17.1 Å². The van der Waals surface area contributed by atoms with Crippen LogP contribution in [0.25, 0.3) is 0 Å². The summed E-state index contributed by atoms with van der Waals surface area (Å²) in [6, 6.07) is 15.3. The number of aryl methyl sites for hydroxylation is 2. The van der Waals surface area contributed by atoms with Crippen molar-refractivity contribution in [3.05, 3.63) is 65.7 Å². The first-order valence-electron chi connectivity index (χ1n) is 15.8. The summed E-state index contributed by atoms with van der Waals surface area (Å²) in [4.78, 5) is 2.55. The quantitative estimate of drug-likeness (QED) is 0.213. The molecule has 2 aromatic carbocycles. The number of nitrogens with zero attached hydrogens (tertiary/aromatic N) is 2. The minimum Gasteiger partial charge on any atom is 0 e. The van der Waals surface area contributed by atoms with Crippen molar-refractivity contribution in [2.24, 2.45) is 11.8 Å². The molecule has 42 heavy (non-hydrogen) atoms. The van der Waals surface area contributed by atoms with Gasteiger partial charge in [0.25, 0.3) is 0 Å². The van der Waals surface area contributed by atoms with E-state index >= 15 is 0 Å². The maximum atomic E-state index is 11.4. The number of thioether (sulfide) groups is 1. The van der Waals surface area contributed by atoms with Crippen molar-refractivity contribution in [3.63, 3.8) is 0 Å². The van der Waals surface area contributed by atoms with E-state index in [1.807, 2.05) is 31.7 Å². The summed E-state index contributed by atoms with van der Waals surface area (Å²) in [5.74, 6) is 2.12. The third kappa shape index (κ3) is 11.2. The molecule has 7 heteroatoms. The molecule has 0 aliphatic carbocycles. The van der Waals surface area contributed by atoms with E-state index in [0.717, 1.165) is 68.9 Å². The fourth-order valence-corrected chi connectivity index (χ4v) is 6.40. The molecule has 4 nitrogen and oxygen atoms in total. The molecule has 0 spiro atoms. The first kappa shape index (κ1) is 39.1. The first-order valence-corrected chi connectivity index (χ1v) is 17.1. The molecule has 4 atom stereocenters. The van der Waals surface area contributed by atoms with Crippen LogP contribution >= 0.6 is 11.8 Å². The van der Waals surface area contributed by atoms with Crippen LogP contribution in [0.3, 0.4) is 0 Å². The maximum Gasteiger partial charge on any atom is 0 e. The maximum absolute atomic E-state index is 11.4. The van der Waals surface area contributed by atoms with Gasteiger partial charge in [0.1, 0.15) is 5.75 Å². The number of rotatable bonds is 8. The van der Waals surface area contributed by atoms with Gasteiger partial charge in [-0.1, -0.05) is 77.5 Å². The van der Waals surface area contributed by atoms with E-state index < -0.39 is 0 Å². The Kier molecular flexibility index (Phi) is 19.5. The summed E-state index contributed by atoms with van der Waals surface area (Å²) in [6.45, 7) is 13.5. The molecular weight excluding hydrogens is 775 g/mol. The van der Waals surface area contributed by atoms with Gasteiger partial charge in [0.2, 0.25) is 0 Å². The number of fused-ring (bicyclic) bond motifs is 1. The van der Waals surface area contributed by atoms with E-state index in [0.29, 0.717) is 17.1 Å². The Morgan fingerprint density at radius 3 is 2.48 bits per heavy atom. The second-order valence-corrected chi connectivity index (χ2v) is 12.4. The van der Waals surface area contributed by atoms with Crippen LogP contribution in [0.4, 0.5) is 11.4 Å². The van der Waals surface area contributed by atoms with E-state index in [2.05, 4.69) is 80.5 Å². The molecule has 0 amide bonds. The van der Waals surface area contributed by atoms with E-state index in [9.17, 15) is 5.21 Å². The molecule has 2 aromatic rings. The predicted molar refractivity (Wildman–Crippen MR) is 183 cm³/mol. The third-order valence-corrected chi connectivity index (χ3v) is 9.66. The van der Waals surface area contributed by atoms with Crippen LogP contribution < -0.4 is 14.7 Å². The van der Waals surface area contributed by atoms with E-state index in [4.69, 9.17) is 4.74 Å². The Labute approximate surface area is 286 Å². The number of hydrogen-bond acceptors (Lipinski definition) is 5. The van der Waals surface area contributed by atoms with E-state index in [1.54, 1.807) is 0 Å². The number of allylic oxidation sites excluding steroid dienone is 1. The third-order valence-electron chi connectivity index (χ3n) is 8.60. The molecule has 2 aliphatic rings. The normalized spacial score (nSPS) is 21.7. The van der Waals surface area contributed by atoms with Crippen LogP contribution in [0, 0.1) is 11.8 Å². The largest absolute Gasteiger partial charge is 0 e. The minimum absolute atomic E-state index is 0. The summed E-state index contributed by atoms with van der Waals surface area (Å²) in [6.07, 6.45) is 15.6. The van der Waals surface area contributed by atoms with Crippen LogP contribution in [0.15, 0.2) is 54.6 Å². The number of hydroxylamine groups is 1. The van der Waals surface area contributed by atoms with Gasteiger partial charge in [-0.2, -0.15) is 11.8 Å². The van der Waals surface area contributed by atoms with Crippen molar-refractivity contribution in [1.82, 2.24) is 0 Å². The molecule has 2 heterocycles. The molecule has 0 fully saturated rings. The molecular formula is C35H55N2O2SSeW. The van der Waals surface area contributed by atoms with Gasteiger partial charge in [0, 0.05) is 45.3 Å². The second-order valence-electron chi connectivity index (χ2n) is 11.2. The van der Waals surface area contributed by atoms with Gasteiger partial charge in [-0.3, -0.25) is 10.3 Å². The van der Waals surface area contributed by atoms with Crippen molar-refractivity contribution < 1.29 is 31.0 Å². The first-order chi connectivity index (χ1) is 19.5. The zero-order valence-corrected chi connectivity index (χ0v) is 32.4. The number of benzene rings is 2. The molecule has 0 saturated heterocycles. The molecule has 0 saturated carbocycles. The fraction of sp³-hybridized carbons (Fsp3) is 0.600. The molecule has 2 aliphatic heterocycles. The number of hydrogen-bond donors (Lipinski definition) is 1. The fourth-order valence-electron chi connectivity index (χ4n) is 5.86. The summed E-state index contributed by atoms with van der Waals surface area (Å²) >= 11 is 1.81. The average molecular weight is 831 g/mol. The monoisotopic (exact) mass is 831 g/mol. The Balaban J connectivity index is 0.00000216. The summed E-state index contributed by atoms with van der Waals surface area (Å²) < 4.78 is 6.43. The van der Waals surface area contributed by atoms with Gasteiger partial charge < -0.3 is 9.64 Å². The molecule has 1 unspecified atom stereocenters. The van der Waals surface area contributed by atoms with Crippen molar-refractivity contribution in [2.45, 2.75) is 97.3 Å². The second kappa shape index (κ2) is 20.9. The van der Waals surface area contributed by atoms with Crippen LogP contribution in [0.5, 0.6) is 5.75 Å². The Morgan fingerprint density at radius 2 is 1.76 bits per heavy atom. The molecule has 235 valence electrons. The van der Waals surface area contributed by atoms with Gasteiger partial charge in [0.15, 0.2) is 0 Å². The number of anilines is 2. The molecule has 1 radical (unpaired) electrons. The van der Waals surface area contributed by atoms with Gasteiger partial charge in [-0.05, 0) is 86.4 Å². The van der Waals surface area contributed by atoms with Crippen LogP contribution in [0.1, 0.15) is 84.3 Å². The van der Waals surface area contributed by atoms with Gasteiger partial charge in [0.05, 0.1) is 24.0 Å². The predicted octanol–water partition coefficient (Wildman–Crippen LogP) is 8.54. The van der Waals surface area contributed by atoms with E-state index in [-0.39, 0.29) is 44.2 Å². The Morgan fingerprint density at radius 1 is 1.02 bits per heavy atom. The topological polar surface area (TPSA) is 35.9 Å². The number of ether oxygens (including phenoxy) is 1. The van der Waals surface area contributed by atoms with Crippen molar-refractivity contribution in [2.75, 3.05) is 35.9 Å². The van der Waals surface area contributed by atoms with Crippen LogP contribution in [-0.2, 0) is 33.9 Å². The Hall–Kier alpha value is -0.902. The van der Waals surface area contributed by atoms with Crippen molar-refractivity contribution in [3.8, 4) is 5.75 Å². The molecule has 4 rings (SSSR count). The van der Waals surface area contributed by atoms with Gasteiger partial charge in [-0.15, -0.1) is 0 Å². The molecule has 2 bridgehead atoms. The van der Waals surface area contributed by atoms with Gasteiger partial charge in [-0.25, -0.2) is 0 Å². The zero-order chi connectivity index (χ0) is 28.9. The smallest absolute Gasteiger partial charge is 0 e. The zero-order valence-electron chi connectivity index (χ0n) is 26.8. The molecule has 0 aromatic heterocycles. The summed E-state index contributed by atoms with van der Waals surface area (Å²) in [5.41, 5.74) is 4.87. The SMILES string of the molecule is CC.CCc1cccc(CCCC2COc3ccc4cc3N(CC[C@@H](CC)C/C=C/C[C@@H]([C@@H](C)SC)N4O)C2)c1.[SeH].[W].